The van der Waals surface area contributed by atoms with Crippen LogP contribution in [0.4, 0.5) is 0 Å². The minimum absolute atomic E-state index is 0.111. The Kier molecular flexibility index (Phi) is 5.01. The third-order valence-corrected chi connectivity index (χ3v) is 3.98. The molecule has 2 fully saturated rings. The quantitative estimate of drug-likeness (QED) is 0.824. The molecule has 2 heterocycles. The number of amides is 1. The molecule has 2 aliphatic heterocycles. The molecule has 2 rings (SSSR count). The second-order valence-corrected chi connectivity index (χ2v) is 5.80. The highest BCUT2D eigenvalue weighted by Gasteiger charge is 2.28. The monoisotopic (exact) mass is 254 g/mol. The molecule has 0 aromatic carbocycles. The van der Waals surface area contributed by atoms with Crippen molar-refractivity contribution in [1.29, 1.82) is 0 Å². The summed E-state index contributed by atoms with van der Waals surface area (Å²) in [6, 6.07) is 0.872. The van der Waals surface area contributed by atoms with E-state index in [1.54, 1.807) is 0 Å². The first-order valence-corrected chi connectivity index (χ1v) is 7.30. The third kappa shape index (κ3) is 3.45. The van der Waals surface area contributed by atoms with Gasteiger partial charge >= 0.3 is 0 Å². The summed E-state index contributed by atoms with van der Waals surface area (Å²) < 4.78 is 5.37. The number of carbonyl (C=O) groups is 1. The number of rotatable bonds is 4. The highest BCUT2D eigenvalue weighted by molar-refractivity contribution is 5.78. The van der Waals surface area contributed by atoms with Gasteiger partial charge in [0.05, 0.1) is 6.61 Å². The van der Waals surface area contributed by atoms with Crippen LogP contribution in [0.15, 0.2) is 0 Å². The van der Waals surface area contributed by atoms with Crippen molar-refractivity contribution >= 4 is 5.91 Å². The largest absolute Gasteiger partial charge is 0.380 e. The molecule has 4 nitrogen and oxygen atoms in total. The van der Waals surface area contributed by atoms with Gasteiger partial charge in [-0.25, -0.2) is 0 Å². The fraction of sp³-hybridized carbons (Fsp3) is 0.929. The molecular formula is C14H26N2O2. The highest BCUT2D eigenvalue weighted by Crippen LogP contribution is 2.19. The molecule has 0 radical (unpaired) electrons. The molecule has 1 N–H and O–H groups in total. The molecule has 0 aromatic heterocycles. The zero-order valence-corrected chi connectivity index (χ0v) is 11.7. The first-order chi connectivity index (χ1) is 8.68. The molecule has 0 aromatic rings. The number of hydrogen-bond acceptors (Lipinski definition) is 3. The Labute approximate surface area is 110 Å². The smallest absolute Gasteiger partial charge is 0.225 e. The summed E-state index contributed by atoms with van der Waals surface area (Å²) >= 11 is 0. The number of nitrogens with one attached hydrogen (secondary N) is 1. The molecule has 2 unspecified atom stereocenters. The van der Waals surface area contributed by atoms with Crippen molar-refractivity contribution in [2.75, 3.05) is 26.3 Å². The van der Waals surface area contributed by atoms with Gasteiger partial charge in [-0.2, -0.15) is 0 Å². The van der Waals surface area contributed by atoms with Crippen molar-refractivity contribution in [3.8, 4) is 0 Å². The van der Waals surface area contributed by atoms with Crippen molar-refractivity contribution in [1.82, 2.24) is 10.2 Å². The summed E-state index contributed by atoms with van der Waals surface area (Å²) in [5.74, 6) is 0.421. The third-order valence-electron chi connectivity index (χ3n) is 3.98. The van der Waals surface area contributed by atoms with Crippen LogP contribution in [0.25, 0.3) is 0 Å². The van der Waals surface area contributed by atoms with Crippen LogP contribution >= 0.6 is 0 Å². The predicted octanol–water partition coefficient (Wildman–Crippen LogP) is 1.40. The minimum atomic E-state index is 0.111. The number of ether oxygens (including phenoxy) is 1. The van der Waals surface area contributed by atoms with E-state index in [0.717, 1.165) is 45.6 Å². The van der Waals surface area contributed by atoms with E-state index in [0.29, 0.717) is 18.0 Å². The lowest BCUT2D eigenvalue weighted by atomic mass is 9.99. The molecule has 1 amide bonds. The lowest BCUT2D eigenvalue weighted by Gasteiger charge is -2.37. The zero-order chi connectivity index (χ0) is 13.0. The molecule has 0 bridgehead atoms. The van der Waals surface area contributed by atoms with Crippen LogP contribution < -0.4 is 5.32 Å². The molecule has 2 saturated heterocycles. The van der Waals surface area contributed by atoms with Gasteiger partial charge in [0.2, 0.25) is 5.91 Å². The van der Waals surface area contributed by atoms with Crippen LogP contribution in [0.1, 0.15) is 39.5 Å². The second-order valence-electron chi connectivity index (χ2n) is 5.80. The van der Waals surface area contributed by atoms with E-state index in [2.05, 4.69) is 10.2 Å². The van der Waals surface area contributed by atoms with Crippen LogP contribution in [0.5, 0.6) is 0 Å². The zero-order valence-electron chi connectivity index (χ0n) is 11.7. The summed E-state index contributed by atoms with van der Waals surface area (Å²) in [6.07, 6.45) is 4.64. The highest BCUT2D eigenvalue weighted by atomic mass is 16.5. The number of hydrogen-bond donors (Lipinski definition) is 1. The van der Waals surface area contributed by atoms with Gasteiger partial charge in [-0.1, -0.05) is 13.8 Å². The maximum absolute atomic E-state index is 12.2. The molecule has 18 heavy (non-hydrogen) atoms. The Morgan fingerprint density at radius 1 is 1.39 bits per heavy atom. The second kappa shape index (κ2) is 6.53. The first kappa shape index (κ1) is 13.8. The molecular weight excluding hydrogens is 228 g/mol. The van der Waals surface area contributed by atoms with Crippen LogP contribution in [0, 0.1) is 5.92 Å². The molecule has 104 valence electrons. The van der Waals surface area contributed by atoms with Crippen LogP contribution in [-0.4, -0.2) is 49.2 Å². The Balaban J connectivity index is 1.84. The van der Waals surface area contributed by atoms with Gasteiger partial charge in [0.15, 0.2) is 0 Å². The number of nitrogens with zero attached hydrogens (tertiary/aromatic N) is 1. The SMILES string of the molecule is CC(C)C(=O)N1CCCCC1CNC1CCOC1. The van der Waals surface area contributed by atoms with Gasteiger partial charge < -0.3 is 15.0 Å². The predicted molar refractivity (Wildman–Crippen MR) is 71.4 cm³/mol. The standard InChI is InChI=1S/C14H26N2O2/c1-11(2)14(17)16-7-4-3-5-13(16)9-15-12-6-8-18-10-12/h11-13,15H,3-10H2,1-2H3. The average molecular weight is 254 g/mol. The van der Waals surface area contributed by atoms with E-state index in [1.807, 2.05) is 13.8 Å². The number of carbonyl (C=O) groups excluding carboxylic acids is 1. The lowest BCUT2D eigenvalue weighted by molar-refractivity contribution is -0.138. The molecule has 2 aliphatic rings. The van der Waals surface area contributed by atoms with E-state index in [1.165, 1.54) is 6.42 Å². The van der Waals surface area contributed by atoms with Crippen molar-refractivity contribution in [2.24, 2.45) is 5.92 Å². The molecule has 2 atom stereocenters. The van der Waals surface area contributed by atoms with Gasteiger partial charge in [-0.15, -0.1) is 0 Å². The first-order valence-electron chi connectivity index (χ1n) is 7.30. The molecule has 4 heteroatoms. The summed E-state index contributed by atoms with van der Waals surface area (Å²) in [6.45, 7) is 7.54. The fourth-order valence-electron chi connectivity index (χ4n) is 2.83. The Morgan fingerprint density at radius 3 is 2.89 bits per heavy atom. The maximum Gasteiger partial charge on any atom is 0.225 e. The van der Waals surface area contributed by atoms with Crippen LogP contribution in [0.2, 0.25) is 0 Å². The van der Waals surface area contributed by atoms with Gasteiger partial charge in [0.25, 0.3) is 0 Å². The van der Waals surface area contributed by atoms with Crippen molar-refractivity contribution in [3.63, 3.8) is 0 Å². The van der Waals surface area contributed by atoms with Gasteiger partial charge in [0.1, 0.15) is 0 Å². The molecule has 0 saturated carbocycles. The maximum atomic E-state index is 12.2. The summed E-state index contributed by atoms with van der Waals surface area (Å²) in [4.78, 5) is 14.3. The Hall–Kier alpha value is -0.610. The molecule has 0 aliphatic carbocycles. The van der Waals surface area contributed by atoms with E-state index in [9.17, 15) is 4.79 Å². The normalized spacial score (nSPS) is 28.9. The minimum Gasteiger partial charge on any atom is -0.380 e. The van der Waals surface area contributed by atoms with E-state index in [-0.39, 0.29) is 5.92 Å². The van der Waals surface area contributed by atoms with Crippen LogP contribution in [-0.2, 0) is 9.53 Å². The van der Waals surface area contributed by atoms with Gasteiger partial charge in [-0.05, 0) is 25.7 Å². The van der Waals surface area contributed by atoms with Crippen molar-refractivity contribution < 1.29 is 9.53 Å². The van der Waals surface area contributed by atoms with Gasteiger partial charge in [-0.3, -0.25) is 4.79 Å². The van der Waals surface area contributed by atoms with E-state index in [4.69, 9.17) is 4.74 Å². The van der Waals surface area contributed by atoms with Crippen LogP contribution in [0.3, 0.4) is 0 Å². The summed E-state index contributed by atoms with van der Waals surface area (Å²) in [7, 11) is 0. The van der Waals surface area contributed by atoms with Crippen molar-refractivity contribution in [2.45, 2.75) is 51.6 Å². The number of piperidine rings is 1. The Morgan fingerprint density at radius 2 is 2.22 bits per heavy atom. The topological polar surface area (TPSA) is 41.6 Å². The van der Waals surface area contributed by atoms with E-state index < -0.39 is 0 Å². The van der Waals surface area contributed by atoms with E-state index >= 15 is 0 Å². The summed E-state index contributed by atoms with van der Waals surface area (Å²) in [5, 5.41) is 3.56. The lowest BCUT2D eigenvalue weighted by Crippen LogP contribution is -2.51. The number of likely N-dealkylation sites (tertiary alicyclic amines) is 1. The summed E-state index contributed by atoms with van der Waals surface area (Å²) in [5.41, 5.74) is 0. The molecule has 0 spiro atoms. The fourth-order valence-corrected chi connectivity index (χ4v) is 2.83. The average Bonchev–Trinajstić information content (AvgIpc) is 2.89. The van der Waals surface area contributed by atoms with Gasteiger partial charge in [0, 0.05) is 37.7 Å². The van der Waals surface area contributed by atoms with Crippen molar-refractivity contribution in [3.05, 3.63) is 0 Å². The Bertz CT molecular complexity index is 275.